The zero-order chi connectivity index (χ0) is 17.7. The van der Waals surface area contributed by atoms with Crippen molar-refractivity contribution < 1.29 is 9.59 Å². The molecule has 5 heteroatoms. The van der Waals surface area contributed by atoms with E-state index in [0.29, 0.717) is 13.1 Å². The molecule has 140 valence electrons. The number of carbonyl (C=O) groups is 2. The molecule has 0 aromatic carbocycles. The molecule has 1 saturated carbocycles. The van der Waals surface area contributed by atoms with Crippen LogP contribution in [0.2, 0.25) is 0 Å². The Kier molecular flexibility index (Phi) is 6.02. The van der Waals surface area contributed by atoms with Crippen LogP contribution in [0.1, 0.15) is 64.2 Å². The predicted molar refractivity (Wildman–Crippen MR) is 99.3 cm³/mol. The minimum absolute atomic E-state index is 0.0474. The highest BCUT2D eigenvalue weighted by atomic mass is 16.2. The Hall–Kier alpha value is -1.52. The fourth-order valence-corrected chi connectivity index (χ4v) is 4.69. The monoisotopic (exact) mass is 347 g/mol. The number of amides is 3. The molecule has 25 heavy (non-hydrogen) atoms. The summed E-state index contributed by atoms with van der Waals surface area (Å²) in [5.74, 6) is 0.239. The van der Waals surface area contributed by atoms with Crippen molar-refractivity contribution in [3.63, 3.8) is 0 Å². The van der Waals surface area contributed by atoms with Crippen molar-refractivity contribution in [3.8, 4) is 0 Å². The van der Waals surface area contributed by atoms with E-state index in [1.165, 1.54) is 19.3 Å². The van der Waals surface area contributed by atoms with E-state index in [9.17, 15) is 9.59 Å². The van der Waals surface area contributed by atoms with E-state index in [4.69, 9.17) is 0 Å². The van der Waals surface area contributed by atoms with Gasteiger partial charge in [-0.05, 0) is 44.9 Å². The summed E-state index contributed by atoms with van der Waals surface area (Å²) in [4.78, 5) is 29.2. The Bertz CT molecular complexity index is 485. The molecule has 3 aliphatic rings. The molecular formula is C20H33N3O2. The number of hydrogen-bond donors (Lipinski definition) is 1. The molecule has 2 heterocycles. The van der Waals surface area contributed by atoms with E-state index in [2.05, 4.69) is 11.9 Å². The van der Waals surface area contributed by atoms with Crippen molar-refractivity contribution in [2.24, 2.45) is 5.92 Å². The molecule has 0 atom stereocenters. The summed E-state index contributed by atoms with van der Waals surface area (Å²) >= 11 is 0. The average molecular weight is 348 g/mol. The highest BCUT2D eigenvalue weighted by Gasteiger charge is 2.36. The Morgan fingerprint density at radius 2 is 1.56 bits per heavy atom. The summed E-state index contributed by atoms with van der Waals surface area (Å²) in [6.45, 7) is 7.09. The third-order valence-corrected chi connectivity index (χ3v) is 6.25. The molecule has 0 bridgehead atoms. The van der Waals surface area contributed by atoms with E-state index in [0.717, 1.165) is 58.0 Å². The van der Waals surface area contributed by atoms with Crippen LogP contribution >= 0.6 is 0 Å². The molecule has 0 spiro atoms. The Morgan fingerprint density at radius 1 is 0.960 bits per heavy atom. The number of nitrogens with zero attached hydrogens (tertiary/aromatic N) is 2. The largest absolute Gasteiger partial charge is 0.350 e. The van der Waals surface area contributed by atoms with Gasteiger partial charge in [0.2, 0.25) is 5.91 Å². The summed E-state index contributed by atoms with van der Waals surface area (Å²) in [6, 6.07) is 0.173. The van der Waals surface area contributed by atoms with Gasteiger partial charge in [-0.1, -0.05) is 25.3 Å². The molecule has 3 amide bonds. The minimum atomic E-state index is -0.0699. The van der Waals surface area contributed by atoms with E-state index in [-0.39, 0.29) is 23.4 Å². The number of piperidine rings is 1. The molecule has 5 nitrogen and oxygen atoms in total. The predicted octanol–water partition coefficient (Wildman–Crippen LogP) is 3.31. The van der Waals surface area contributed by atoms with Gasteiger partial charge in [-0.3, -0.25) is 4.79 Å². The first kappa shape index (κ1) is 18.3. The van der Waals surface area contributed by atoms with Gasteiger partial charge in [0.25, 0.3) is 0 Å². The summed E-state index contributed by atoms with van der Waals surface area (Å²) in [6.07, 6.45) is 12.4. The summed E-state index contributed by atoms with van der Waals surface area (Å²) in [7, 11) is 0. The maximum absolute atomic E-state index is 12.8. The van der Waals surface area contributed by atoms with Gasteiger partial charge in [0.1, 0.15) is 0 Å². The first-order chi connectivity index (χ1) is 12.1. The second-order valence-corrected chi connectivity index (χ2v) is 8.06. The molecule has 2 aliphatic heterocycles. The summed E-state index contributed by atoms with van der Waals surface area (Å²) in [5.41, 5.74) is -0.0699. The van der Waals surface area contributed by atoms with Crippen LogP contribution in [0.15, 0.2) is 12.7 Å². The van der Waals surface area contributed by atoms with E-state index < -0.39 is 0 Å². The highest BCUT2D eigenvalue weighted by molar-refractivity contribution is 5.80. The minimum Gasteiger partial charge on any atom is -0.350 e. The molecule has 2 saturated heterocycles. The molecule has 0 aromatic rings. The molecule has 3 fully saturated rings. The number of rotatable bonds is 4. The normalized spacial score (nSPS) is 24.2. The van der Waals surface area contributed by atoms with Gasteiger partial charge in [-0.15, -0.1) is 6.58 Å². The fraction of sp³-hybridized carbons (Fsp3) is 0.800. The van der Waals surface area contributed by atoms with Crippen LogP contribution in [0, 0.1) is 5.92 Å². The zero-order valence-corrected chi connectivity index (χ0v) is 15.5. The van der Waals surface area contributed by atoms with Crippen LogP contribution < -0.4 is 5.32 Å². The fourth-order valence-electron chi connectivity index (χ4n) is 4.69. The average Bonchev–Trinajstić information content (AvgIpc) is 3.17. The third kappa shape index (κ3) is 4.36. The SMILES string of the molecule is C=CCC1(NC(=O)C2CCN(C(=O)N3CCCC3)CC2)CCCCC1. The lowest BCUT2D eigenvalue weighted by Crippen LogP contribution is -2.53. The van der Waals surface area contributed by atoms with Crippen LogP contribution in [-0.4, -0.2) is 53.5 Å². The molecule has 1 aliphatic carbocycles. The van der Waals surface area contributed by atoms with Crippen LogP contribution in [0.5, 0.6) is 0 Å². The van der Waals surface area contributed by atoms with Crippen LogP contribution in [0.4, 0.5) is 4.79 Å². The number of urea groups is 1. The van der Waals surface area contributed by atoms with E-state index in [1.54, 1.807) is 0 Å². The van der Waals surface area contributed by atoms with Crippen molar-refractivity contribution in [2.75, 3.05) is 26.2 Å². The van der Waals surface area contributed by atoms with Gasteiger partial charge in [0.05, 0.1) is 0 Å². The van der Waals surface area contributed by atoms with Crippen molar-refractivity contribution in [2.45, 2.75) is 69.7 Å². The molecule has 3 rings (SSSR count). The molecule has 0 radical (unpaired) electrons. The maximum atomic E-state index is 12.8. The van der Waals surface area contributed by atoms with Gasteiger partial charge in [0, 0.05) is 37.6 Å². The first-order valence-corrected chi connectivity index (χ1v) is 10.1. The molecule has 0 unspecified atom stereocenters. The van der Waals surface area contributed by atoms with Crippen molar-refractivity contribution in [1.29, 1.82) is 0 Å². The maximum Gasteiger partial charge on any atom is 0.319 e. The standard InChI is InChI=1S/C20H33N3O2/c1-2-10-20(11-4-3-5-12-20)21-18(24)17-8-15-23(16-9-17)19(25)22-13-6-7-14-22/h2,17H,1,3-16H2,(H,21,24). The van der Waals surface area contributed by atoms with E-state index in [1.807, 2.05) is 15.9 Å². The van der Waals surface area contributed by atoms with Crippen molar-refractivity contribution in [1.82, 2.24) is 15.1 Å². The number of hydrogen-bond acceptors (Lipinski definition) is 2. The van der Waals surface area contributed by atoms with Gasteiger partial charge in [0.15, 0.2) is 0 Å². The summed E-state index contributed by atoms with van der Waals surface area (Å²) in [5, 5.41) is 3.38. The molecule has 1 N–H and O–H groups in total. The summed E-state index contributed by atoms with van der Waals surface area (Å²) < 4.78 is 0. The second kappa shape index (κ2) is 8.24. The van der Waals surface area contributed by atoms with Crippen LogP contribution in [0.25, 0.3) is 0 Å². The van der Waals surface area contributed by atoms with Crippen molar-refractivity contribution >= 4 is 11.9 Å². The van der Waals surface area contributed by atoms with Gasteiger partial charge >= 0.3 is 6.03 Å². The lowest BCUT2D eigenvalue weighted by Gasteiger charge is -2.40. The number of nitrogens with one attached hydrogen (secondary N) is 1. The number of carbonyl (C=O) groups excluding carboxylic acids is 2. The Labute approximate surface area is 151 Å². The number of likely N-dealkylation sites (tertiary alicyclic amines) is 2. The van der Waals surface area contributed by atoms with Crippen LogP contribution in [-0.2, 0) is 4.79 Å². The molecular weight excluding hydrogens is 314 g/mol. The quantitative estimate of drug-likeness (QED) is 0.793. The molecule has 0 aromatic heterocycles. The Balaban J connectivity index is 1.50. The second-order valence-electron chi connectivity index (χ2n) is 8.06. The van der Waals surface area contributed by atoms with Gasteiger partial charge < -0.3 is 15.1 Å². The lowest BCUT2D eigenvalue weighted by atomic mass is 9.78. The smallest absolute Gasteiger partial charge is 0.319 e. The Morgan fingerprint density at radius 3 is 2.16 bits per heavy atom. The topological polar surface area (TPSA) is 52.7 Å². The van der Waals surface area contributed by atoms with Crippen LogP contribution in [0.3, 0.4) is 0 Å². The zero-order valence-electron chi connectivity index (χ0n) is 15.5. The van der Waals surface area contributed by atoms with Gasteiger partial charge in [-0.25, -0.2) is 4.79 Å². The van der Waals surface area contributed by atoms with E-state index >= 15 is 0 Å². The highest BCUT2D eigenvalue weighted by Crippen LogP contribution is 2.32. The van der Waals surface area contributed by atoms with Gasteiger partial charge in [-0.2, -0.15) is 0 Å². The first-order valence-electron chi connectivity index (χ1n) is 10.1. The van der Waals surface area contributed by atoms with Crippen molar-refractivity contribution in [3.05, 3.63) is 12.7 Å². The lowest BCUT2D eigenvalue weighted by molar-refractivity contribution is -0.128. The third-order valence-electron chi connectivity index (χ3n) is 6.25.